The average molecular weight is 141 g/mol. The summed E-state index contributed by atoms with van der Waals surface area (Å²) in [4.78, 5) is 9.48. The summed E-state index contributed by atoms with van der Waals surface area (Å²) < 4.78 is 0. The van der Waals surface area contributed by atoms with E-state index in [1.807, 2.05) is 0 Å². The maximum Gasteiger partial charge on any atom is 0.230 e. The van der Waals surface area contributed by atoms with Gasteiger partial charge in [-0.1, -0.05) is 12.8 Å². The molecule has 0 amide bonds. The van der Waals surface area contributed by atoms with Gasteiger partial charge in [0.05, 0.1) is 4.92 Å². The van der Waals surface area contributed by atoms with Crippen LogP contribution < -0.4 is 0 Å². The predicted molar refractivity (Wildman–Crippen MR) is 38.1 cm³/mol. The molecule has 0 unspecified atom stereocenters. The first kappa shape index (κ1) is 7.25. The Kier molecular flexibility index (Phi) is 2.42. The highest BCUT2D eigenvalue weighted by Crippen LogP contribution is 2.25. The molecule has 3 heteroatoms. The summed E-state index contributed by atoms with van der Waals surface area (Å²) in [5, 5.41) is 9.87. The molecule has 10 heavy (non-hydrogen) atoms. The number of allylic oxidation sites excluding steroid dienone is 1. The van der Waals surface area contributed by atoms with E-state index in [4.69, 9.17) is 0 Å². The number of nitrogens with zero attached hydrogens (tertiary/aromatic N) is 1. The summed E-state index contributed by atoms with van der Waals surface area (Å²) in [6.45, 7) is 0. The van der Waals surface area contributed by atoms with Crippen molar-refractivity contribution in [1.82, 2.24) is 0 Å². The van der Waals surface area contributed by atoms with E-state index in [-0.39, 0.29) is 0 Å². The van der Waals surface area contributed by atoms with Gasteiger partial charge in [-0.3, -0.25) is 10.1 Å². The molecule has 1 aliphatic rings. The van der Waals surface area contributed by atoms with E-state index in [1.54, 1.807) is 6.08 Å². The molecule has 0 bridgehead atoms. The summed E-state index contributed by atoms with van der Waals surface area (Å²) >= 11 is 0. The van der Waals surface area contributed by atoms with E-state index in [0.29, 0.717) is 5.92 Å². The molecular formula is C7H11NO2. The highest BCUT2D eigenvalue weighted by molar-refractivity contribution is 4.85. The van der Waals surface area contributed by atoms with Crippen molar-refractivity contribution >= 4 is 0 Å². The molecule has 0 aromatic heterocycles. The molecule has 1 rings (SSSR count). The van der Waals surface area contributed by atoms with Gasteiger partial charge < -0.3 is 0 Å². The first-order valence-corrected chi connectivity index (χ1v) is 3.61. The van der Waals surface area contributed by atoms with Crippen molar-refractivity contribution in [3.63, 3.8) is 0 Å². The third kappa shape index (κ3) is 2.17. The predicted octanol–water partition coefficient (Wildman–Crippen LogP) is 1.97. The molecule has 0 aliphatic heterocycles. The van der Waals surface area contributed by atoms with Gasteiger partial charge in [0.15, 0.2) is 0 Å². The Morgan fingerprint density at radius 2 is 2.00 bits per heavy atom. The van der Waals surface area contributed by atoms with Gasteiger partial charge in [-0.15, -0.1) is 0 Å². The van der Waals surface area contributed by atoms with Gasteiger partial charge in [0.25, 0.3) is 0 Å². The molecule has 1 saturated carbocycles. The van der Waals surface area contributed by atoms with Crippen molar-refractivity contribution in [3.05, 3.63) is 22.4 Å². The second-order valence-electron chi connectivity index (χ2n) is 2.67. The van der Waals surface area contributed by atoms with Crippen molar-refractivity contribution in [2.24, 2.45) is 5.92 Å². The highest BCUT2D eigenvalue weighted by Gasteiger charge is 2.12. The maximum absolute atomic E-state index is 9.87. The summed E-state index contributed by atoms with van der Waals surface area (Å²) in [6, 6.07) is 0. The number of hydrogen-bond donors (Lipinski definition) is 0. The van der Waals surface area contributed by atoms with Crippen LogP contribution in [0.3, 0.4) is 0 Å². The van der Waals surface area contributed by atoms with Crippen LogP contribution in [0.25, 0.3) is 0 Å². The van der Waals surface area contributed by atoms with E-state index < -0.39 is 4.92 Å². The van der Waals surface area contributed by atoms with E-state index >= 15 is 0 Å². The molecule has 0 atom stereocenters. The molecular weight excluding hydrogens is 130 g/mol. The molecule has 0 radical (unpaired) electrons. The van der Waals surface area contributed by atoms with Crippen LogP contribution in [0.4, 0.5) is 0 Å². The van der Waals surface area contributed by atoms with Gasteiger partial charge in [0, 0.05) is 0 Å². The van der Waals surface area contributed by atoms with E-state index in [9.17, 15) is 10.1 Å². The molecule has 0 heterocycles. The molecule has 0 aromatic carbocycles. The number of nitro groups is 1. The van der Waals surface area contributed by atoms with Crippen LogP contribution in [0.15, 0.2) is 12.3 Å². The molecule has 3 nitrogen and oxygen atoms in total. The molecule has 56 valence electrons. The quantitative estimate of drug-likeness (QED) is 0.436. The molecule has 1 aliphatic carbocycles. The largest absolute Gasteiger partial charge is 0.259 e. The Balaban J connectivity index is 2.29. The Hall–Kier alpha value is -0.860. The van der Waals surface area contributed by atoms with Crippen LogP contribution in [-0.2, 0) is 0 Å². The number of hydrogen-bond acceptors (Lipinski definition) is 2. The van der Waals surface area contributed by atoms with Crippen LogP contribution in [0.1, 0.15) is 25.7 Å². The first-order chi connectivity index (χ1) is 4.79. The minimum Gasteiger partial charge on any atom is -0.259 e. The van der Waals surface area contributed by atoms with Crippen molar-refractivity contribution < 1.29 is 4.92 Å². The standard InChI is InChI=1S/C7H11NO2/c9-8(10)6-5-7-3-1-2-4-7/h5-7H,1-4H2/b6-5+. The van der Waals surface area contributed by atoms with Crippen LogP contribution >= 0.6 is 0 Å². The Labute approximate surface area is 59.9 Å². The number of rotatable bonds is 2. The summed E-state index contributed by atoms with van der Waals surface area (Å²) in [6.07, 6.45) is 7.50. The Bertz CT molecular complexity index is 148. The lowest BCUT2D eigenvalue weighted by atomic mass is 10.1. The zero-order valence-electron chi connectivity index (χ0n) is 5.82. The smallest absolute Gasteiger partial charge is 0.230 e. The fourth-order valence-electron chi connectivity index (χ4n) is 1.34. The molecule has 0 N–H and O–H groups in total. The van der Waals surface area contributed by atoms with Crippen molar-refractivity contribution in [1.29, 1.82) is 0 Å². The summed E-state index contributed by atoms with van der Waals surface area (Å²) in [5.74, 6) is 0.477. The molecule has 1 fully saturated rings. The second-order valence-corrected chi connectivity index (χ2v) is 2.67. The van der Waals surface area contributed by atoms with E-state index in [2.05, 4.69) is 0 Å². The monoisotopic (exact) mass is 141 g/mol. The highest BCUT2D eigenvalue weighted by atomic mass is 16.6. The topological polar surface area (TPSA) is 43.1 Å². The fraction of sp³-hybridized carbons (Fsp3) is 0.714. The van der Waals surface area contributed by atoms with Gasteiger partial charge >= 0.3 is 0 Å². The average Bonchev–Trinajstić information content (AvgIpc) is 2.34. The van der Waals surface area contributed by atoms with Crippen LogP contribution in [-0.4, -0.2) is 4.92 Å². The van der Waals surface area contributed by atoms with E-state index in [1.165, 1.54) is 12.8 Å². The van der Waals surface area contributed by atoms with Gasteiger partial charge in [-0.25, -0.2) is 0 Å². The third-order valence-corrected chi connectivity index (χ3v) is 1.88. The van der Waals surface area contributed by atoms with Crippen molar-refractivity contribution in [2.75, 3.05) is 0 Å². The second kappa shape index (κ2) is 3.34. The van der Waals surface area contributed by atoms with Crippen LogP contribution in [0.2, 0.25) is 0 Å². The molecule has 0 spiro atoms. The lowest BCUT2D eigenvalue weighted by molar-refractivity contribution is -0.402. The van der Waals surface area contributed by atoms with Gasteiger partial charge in [-0.05, 0) is 24.8 Å². The first-order valence-electron chi connectivity index (χ1n) is 3.61. The minimum atomic E-state index is -0.391. The zero-order chi connectivity index (χ0) is 7.40. The van der Waals surface area contributed by atoms with Crippen molar-refractivity contribution in [2.45, 2.75) is 25.7 Å². The molecule has 0 aromatic rings. The minimum absolute atomic E-state index is 0.391. The SMILES string of the molecule is O=[N+]([O-])/C=C/C1CCCC1. The van der Waals surface area contributed by atoms with Crippen LogP contribution in [0.5, 0.6) is 0 Å². The van der Waals surface area contributed by atoms with E-state index in [0.717, 1.165) is 19.0 Å². The van der Waals surface area contributed by atoms with Gasteiger partial charge in [0.1, 0.15) is 0 Å². The Morgan fingerprint density at radius 3 is 2.50 bits per heavy atom. The normalized spacial score (nSPS) is 20.4. The van der Waals surface area contributed by atoms with Crippen molar-refractivity contribution in [3.8, 4) is 0 Å². The third-order valence-electron chi connectivity index (χ3n) is 1.88. The fourth-order valence-corrected chi connectivity index (χ4v) is 1.34. The summed E-state index contributed by atoms with van der Waals surface area (Å²) in [7, 11) is 0. The molecule has 0 saturated heterocycles. The zero-order valence-corrected chi connectivity index (χ0v) is 5.82. The Morgan fingerprint density at radius 1 is 1.40 bits per heavy atom. The maximum atomic E-state index is 9.87. The lowest BCUT2D eigenvalue weighted by Gasteiger charge is -1.95. The lowest BCUT2D eigenvalue weighted by Crippen LogP contribution is -1.89. The van der Waals surface area contributed by atoms with Crippen LogP contribution in [0, 0.1) is 16.0 Å². The van der Waals surface area contributed by atoms with Gasteiger partial charge in [0.2, 0.25) is 6.20 Å². The summed E-state index contributed by atoms with van der Waals surface area (Å²) in [5.41, 5.74) is 0. The van der Waals surface area contributed by atoms with Gasteiger partial charge in [-0.2, -0.15) is 0 Å².